The minimum absolute atomic E-state index is 0.0156. The van der Waals surface area contributed by atoms with Gasteiger partial charge in [0, 0.05) is 24.9 Å². The van der Waals surface area contributed by atoms with Gasteiger partial charge in [0.15, 0.2) is 0 Å². The number of aliphatic hydroxyl groups excluding tert-OH is 1. The first-order valence-electron chi connectivity index (χ1n) is 6.99. The van der Waals surface area contributed by atoms with Crippen LogP contribution in [0.5, 0.6) is 5.75 Å². The number of nitrogen functional groups attached to an aromatic ring is 1. The van der Waals surface area contributed by atoms with Crippen LogP contribution in [0.4, 0.5) is 5.69 Å². The van der Waals surface area contributed by atoms with Gasteiger partial charge in [-0.25, -0.2) is 0 Å². The van der Waals surface area contributed by atoms with Gasteiger partial charge in [-0.1, -0.05) is 6.07 Å². The highest BCUT2D eigenvalue weighted by atomic mass is 16.5. The van der Waals surface area contributed by atoms with Crippen LogP contribution in [0.1, 0.15) is 25.7 Å². The maximum Gasteiger partial charge on any atom is 0.223 e. The minimum atomic E-state index is -0.0156. The molecule has 1 fully saturated rings. The van der Waals surface area contributed by atoms with E-state index in [1.54, 1.807) is 12.1 Å². The van der Waals surface area contributed by atoms with Crippen LogP contribution in [0.25, 0.3) is 0 Å². The molecule has 0 saturated heterocycles. The van der Waals surface area contributed by atoms with Gasteiger partial charge in [-0.2, -0.15) is 0 Å². The number of anilines is 1. The second kappa shape index (κ2) is 6.61. The number of hydrogen-bond acceptors (Lipinski definition) is 4. The van der Waals surface area contributed by atoms with Crippen LogP contribution < -0.4 is 15.8 Å². The van der Waals surface area contributed by atoms with Crippen LogP contribution in [-0.4, -0.2) is 30.8 Å². The highest BCUT2D eigenvalue weighted by Crippen LogP contribution is 2.47. The Labute approximate surface area is 119 Å². The van der Waals surface area contributed by atoms with Crippen molar-refractivity contribution in [3.8, 4) is 5.75 Å². The van der Waals surface area contributed by atoms with E-state index in [2.05, 4.69) is 5.32 Å². The molecular weight excluding hydrogens is 256 g/mol. The molecule has 1 aliphatic rings. The van der Waals surface area contributed by atoms with E-state index in [1.807, 2.05) is 12.1 Å². The monoisotopic (exact) mass is 278 g/mol. The summed E-state index contributed by atoms with van der Waals surface area (Å²) in [4.78, 5) is 11.7. The van der Waals surface area contributed by atoms with E-state index in [1.165, 1.54) is 0 Å². The zero-order chi connectivity index (χ0) is 14.4. The van der Waals surface area contributed by atoms with E-state index in [4.69, 9.17) is 15.6 Å². The summed E-state index contributed by atoms with van der Waals surface area (Å²) in [6.45, 7) is 1.18. The summed E-state index contributed by atoms with van der Waals surface area (Å²) in [6, 6.07) is 7.15. The summed E-state index contributed by atoms with van der Waals surface area (Å²) in [7, 11) is 0. The lowest BCUT2D eigenvalue weighted by molar-refractivity contribution is -0.121. The standard InChI is InChI=1S/C15H22N2O3/c16-12-2-1-3-13(10-12)20-9-4-14(19)17-11-15(5-6-15)7-8-18/h1-3,10,18H,4-9,11,16H2,(H,17,19). The molecule has 5 heteroatoms. The molecule has 20 heavy (non-hydrogen) atoms. The highest BCUT2D eigenvalue weighted by molar-refractivity contribution is 5.76. The molecule has 0 unspecified atom stereocenters. The Kier molecular flexibility index (Phi) is 4.84. The van der Waals surface area contributed by atoms with Crippen molar-refractivity contribution in [3.63, 3.8) is 0 Å². The molecule has 0 spiro atoms. The second-order valence-corrected chi connectivity index (χ2v) is 5.42. The van der Waals surface area contributed by atoms with E-state index in [-0.39, 0.29) is 17.9 Å². The van der Waals surface area contributed by atoms with E-state index < -0.39 is 0 Å². The number of amides is 1. The van der Waals surface area contributed by atoms with Crippen molar-refractivity contribution >= 4 is 11.6 Å². The average molecular weight is 278 g/mol. The lowest BCUT2D eigenvalue weighted by atomic mass is 10.0. The number of nitrogens with two attached hydrogens (primary N) is 1. The third kappa shape index (κ3) is 4.42. The fourth-order valence-corrected chi connectivity index (χ4v) is 2.17. The van der Waals surface area contributed by atoms with Gasteiger partial charge in [-0.3, -0.25) is 4.79 Å². The van der Waals surface area contributed by atoms with Gasteiger partial charge in [0.1, 0.15) is 5.75 Å². The third-order valence-electron chi connectivity index (χ3n) is 3.72. The first kappa shape index (κ1) is 14.7. The fourth-order valence-electron chi connectivity index (χ4n) is 2.17. The van der Waals surface area contributed by atoms with Crippen LogP contribution in [0.15, 0.2) is 24.3 Å². The predicted molar refractivity (Wildman–Crippen MR) is 77.3 cm³/mol. The molecule has 1 aromatic rings. The molecule has 2 rings (SSSR count). The zero-order valence-electron chi connectivity index (χ0n) is 11.6. The van der Waals surface area contributed by atoms with Gasteiger partial charge in [-0.15, -0.1) is 0 Å². The van der Waals surface area contributed by atoms with Gasteiger partial charge >= 0.3 is 0 Å². The SMILES string of the molecule is Nc1cccc(OCCC(=O)NCC2(CCO)CC2)c1. The lowest BCUT2D eigenvalue weighted by Crippen LogP contribution is -2.31. The maximum atomic E-state index is 11.7. The average Bonchev–Trinajstić information content (AvgIpc) is 3.17. The Balaban J connectivity index is 1.63. The molecular formula is C15H22N2O3. The van der Waals surface area contributed by atoms with Gasteiger partial charge in [-0.05, 0) is 36.8 Å². The maximum absolute atomic E-state index is 11.7. The topological polar surface area (TPSA) is 84.6 Å². The third-order valence-corrected chi connectivity index (χ3v) is 3.72. The second-order valence-electron chi connectivity index (χ2n) is 5.42. The number of benzene rings is 1. The molecule has 0 aromatic heterocycles. The minimum Gasteiger partial charge on any atom is -0.493 e. The number of carbonyl (C=O) groups excluding carboxylic acids is 1. The van der Waals surface area contributed by atoms with Crippen LogP contribution in [0.3, 0.4) is 0 Å². The van der Waals surface area contributed by atoms with E-state index >= 15 is 0 Å². The predicted octanol–water partition coefficient (Wildman–Crippen LogP) is 1.32. The van der Waals surface area contributed by atoms with Crippen molar-refractivity contribution in [2.24, 2.45) is 5.41 Å². The quantitative estimate of drug-likeness (QED) is 0.626. The van der Waals surface area contributed by atoms with Gasteiger partial charge < -0.3 is 20.9 Å². The number of hydrogen-bond donors (Lipinski definition) is 3. The van der Waals surface area contributed by atoms with E-state index in [0.717, 1.165) is 19.3 Å². The van der Waals surface area contributed by atoms with Crippen molar-refractivity contribution in [2.45, 2.75) is 25.7 Å². The number of aliphatic hydroxyl groups is 1. The van der Waals surface area contributed by atoms with Crippen molar-refractivity contribution in [1.82, 2.24) is 5.32 Å². The highest BCUT2D eigenvalue weighted by Gasteiger charge is 2.41. The summed E-state index contributed by atoms with van der Waals surface area (Å²) < 4.78 is 5.47. The molecule has 4 N–H and O–H groups in total. The Morgan fingerprint density at radius 1 is 1.45 bits per heavy atom. The number of rotatable bonds is 8. The summed E-state index contributed by atoms with van der Waals surface area (Å²) in [5, 5.41) is 11.9. The van der Waals surface area contributed by atoms with Crippen LogP contribution in [0, 0.1) is 5.41 Å². The normalized spacial score (nSPS) is 15.7. The summed E-state index contributed by atoms with van der Waals surface area (Å²) in [5.74, 6) is 0.662. The van der Waals surface area contributed by atoms with E-state index in [9.17, 15) is 4.79 Å². The summed E-state index contributed by atoms with van der Waals surface area (Å²) in [5.41, 5.74) is 6.44. The first-order chi connectivity index (χ1) is 9.63. The number of ether oxygens (including phenoxy) is 1. The molecule has 1 aliphatic carbocycles. The van der Waals surface area contributed by atoms with Crippen LogP contribution in [-0.2, 0) is 4.79 Å². The Bertz CT molecular complexity index is 458. The van der Waals surface area contributed by atoms with Crippen LogP contribution in [0.2, 0.25) is 0 Å². The number of nitrogens with one attached hydrogen (secondary N) is 1. The molecule has 0 atom stereocenters. The van der Waals surface area contributed by atoms with Crippen molar-refractivity contribution in [3.05, 3.63) is 24.3 Å². The summed E-state index contributed by atoms with van der Waals surface area (Å²) >= 11 is 0. The zero-order valence-corrected chi connectivity index (χ0v) is 11.6. The Morgan fingerprint density at radius 3 is 2.90 bits per heavy atom. The molecule has 1 aromatic carbocycles. The molecule has 0 heterocycles. The Morgan fingerprint density at radius 2 is 2.25 bits per heavy atom. The molecule has 110 valence electrons. The molecule has 0 radical (unpaired) electrons. The fraction of sp³-hybridized carbons (Fsp3) is 0.533. The molecule has 1 saturated carbocycles. The largest absolute Gasteiger partial charge is 0.493 e. The molecule has 1 amide bonds. The molecule has 0 aliphatic heterocycles. The van der Waals surface area contributed by atoms with E-state index in [0.29, 0.717) is 31.0 Å². The van der Waals surface area contributed by atoms with Crippen LogP contribution >= 0.6 is 0 Å². The smallest absolute Gasteiger partial charge is 0.223 e. The van der Waals surface area contributed by atoms with Gasteiger partial charge in [0.05, 0.1) is 13.0 Å². The van der Waals surface area contributed by atoms with Gasteiger partial charge in [0.25, 0.3) is 0 Å². The molecule has 5 nitrogen and oxygen atoms in total. The van der Waals surface area contributed by atoms with Crippen molar-refractivity contribution < 1.29 is 14.6 Å². The summed E-state index contributed by atoms with van der Waals surface area (Å²) in [6.07, 6.45) is 3.28. The van der Waals surface area contributed by atoms with Gasteiger partial charge in [0.2, 0.25) is 5.91 Å². The van der Waals surface area contributed by atoms with Crippen molar-refractivity contribution in [2.75, 3.05) is 25.5 Å². The molecule has 0 bridgehead atoms. The van der Waals surface area contributed by atoms with Crippen molar-refractivity contribution in [1.29, 1.82) is 0 Å². The first-order valence-corrected chi connectivity index (χ1v) is 6.99. The lowest BCUT2D eigenvalue weighted by Gasteiger charge is -2.14. The Hall–Kier alpha value is -1.75. The number of carbonyl (C=O) groups is 1.